The van der Waals surface area contributed by atoms with Crippen molar-refractivity contribution in [2.24, 2.45) is 0 Å². The zero-order valence-electron chi connectivity index (χ0n) is 7.91. The smallest absolute Gasteiger partial charge is 0.162 e. The molecule has 0 bridgehead atoms. The fourth-order valence-electron chi connectivity index (χ4n) is 1.40. The SMILES string of the molecule is CCOc1c(N)c(N)cc2ccsc12. The van der Waals surface area contributed by atoms with Gasteiger partial charge in [0, 0.05) is 0 Å². The van der Waals surface area contributed by atoms with E-state index in [1.165, 1.54) is 0 Å². The van der Waals surface area contributed by atoms with Crippen molar-refractivity contribution in [2.75, 3.05) is 18.1 Å². The molecule has 0 aliphatic rings. The number of hydrogen-bond donors (Lipinski definition) is 2. The average molecular weight is 208 g/mol. The Morgan fingerprint density at radius 3 is 2.93 bits per heavy atom. The summed E-state index contributed by atoms with van der Waals surface area (Å²) in [4.78, 5) is 0. The first-order chi connectivity index (χ1) is 6.74. The van der Waals surface area contributed by atoms with Crippen LogP contribution in [0.1, 0.15) is 6.92 Å². The van der Waals surface area contributed by atoms with Crippen molar-refractivity contribution in [1.29, 1.82) is 0 Å². The van der Waals surface area contributed by atoms with Crippen molar-refractivity contribution in [3.63, 3.8) is 0 Å². The van der Waals surface area contributed by atoms with Crippen LogP contribution in [0.2, 0.25) is 0 Å². The second-order valence-corrected chi connectivity index (χ2v) is 3.90. The summed E-state index contributed by atoms with van der Waals surface area (Å²) in [6, 6.07) is 3.89. The first-order valence-corrected chi connectivity index (χ1v) is 5.30. The highest BCUT2D eigenvalue weighted by atomic mass is 32.1. The fraction of sp³-hybridized carbons (Fsp3) is 0.200. The monoisotopic (exact) mass is 208 g/mol. The lowest BCUT2D eigenvalue weighted by atomic mass is 10.2. The average Bonchev–Trinajstić information content (AvgIpc) is 2.60. The fourth-order valence-corrected chi connectivity index (χ4v) is 2.29. The molecule has 4 N–H and O–H groups in total. The molecule has 2 aromatic rings. The second-order valence-electron chi connectivity index (χ2n) is 2.98. The van der Waals surface area contributed by atoms with E-state index < -0.39 is 0 Å². The predicted octanol–water partition coefficient (Wildman–Crippen LogP) is 2.46. The topological polar surface area (TPSA) is 61.3 Å². The third-order valence-corrected chi connectivity index (χ3v) is 2.99. The van der Waals surface area contributed by atoms with E-state index in [2.05, 4.69) is 0 Å². The first kappa shape index (κ1) is 9.15. The zero-order chi connectivity index (χ0) is 10.1. The van der Waals surface area contributed by atoms with Gasteiger partial charge in [-0.25, -0.2) is 0 Å². The van der Waals surface area contributed by atoms with Gasteiger partial charge in [-0.15, -0.1) is 11.3 Å². The lowest BCUT2D eigenvalue weighted by Gasteiger charge is -2.09. The largest absolute Gasteiger partial charge is 0.490 e. The van der Waals surface area contributed by atoms with Crippen molar-refractivity contribution >= 4 is 32.8 Å². The number of fused-ring (bicyclic) bond motifs is 1. The Labute approximate surface area is 86.3 Å². The summed E-state index contributed by atoms with van der Waals surface area (Å²) < 4.78 is 6.56. The molecule has 0 saturated carbocycles. The first-order valence-electron chi connectivity index (χ1n) is 4.42. The summed E-state index contributed by atoms with van der Waals surface area (Å²) in [6.45, 7) is 2.53. The molecule has 0 unspecified atom stereocenters. The molecule has 0 atom stereocenters. The molecule has 0 saturated heterocycles. The Morgan fingerprint density at radius 2 is 2.21 bits per heavy atom. The number of rotatable bonds is 2. The van der Waals surface area contributed by atoms with E-state index >= 15 is 0 Å². The molecule has 0 spiro atoms. The van der Waals surface area contributed by atoms with E-state index in [1.54, 1.807) is 11.3 Å². The van der Waals surface area contributed by atoms with Gasteiger partial charge in [-0.2, -0.15) is 0 Å². The molecule has 0 radical (unpaired) electrons. The van der Waals surface area contributed by atoms with Gasteiger partial charge >= 0.3 is 0 Å². The molecule has 0 amide bonds. The maximum atomic E-state index is 5.85. The normalized spacial score (nSPS) is 10.6. The van der Waals surface area contributed by atoms with Crippen LogP contribution in [0.4, 0.5) is 11.4 Å². The lowest BCUT2D eigenvalue weighted by molar-refractivity contribution is 0.347. The Balaban J connectivity index is 2.73. The Morgan fingerprint density at radius 1 is 1.43 bits per heavy atom. The number of anilines is 2. The third kappa shape index (κ3) is 1.28. The van der Waals surface area contributed by atoms with Crippen molar-refractivity contribution in [3.8, 4) is 5.75 Å². The summed E-state index contributed by atoms with van der Waals surface area (Å²) in [5.41, 5.74) is 12.8. The highest BCUT2D eigenvalue weighted by Gasteiger charge is 2.10. The second kappa shape index (κ2) is 3.38. The Bertz CT molecular complexity index is 464. The molecule has 14 heavy (non-hydrogen) atoms. The molecule has 3 nitrogen and oxygen atoms in total. The molecule has 74 valence electrons. The highest BCUT2D eigenvalue weighted by molar-refractivity contribution is 7.17. The number of nitrogen functional groups attached to an aromatic ring is 2. The van der Waals surface area contributed by atoms with Crippen molar-refractivity contribution < 1.29 is 4.74 Å². The quantitative estimate of drug-likeness (QED) is 0.745. The molecule has 1 aromatic heterocycles. The minimum Gasteiger partial charge on any atom is -0.490 e. The summed E-state index contributed by atoms with van der Waals surface area (Å²) in [5.74, 6) is 0.720. The molecule has 0 aliphatic heterocycles. The van der Waals surface area contributed by atoms with Gasteiger partial charge in [0.2, 0.25) is 0 Å². The molecular weight excluding hydrogens is 196 g/mol. The lowest BCUT2D eigenvalue weighted by Crippen LogP contribution is -2.00. The van der Waals surface area contributed by atoms with Gasteiger partial charge in [-0.05, 0) is 29.8 Å². The van der Waals surface area contributed by atoms with Crippen LogP contribution in [0.25, 0.3) is 10.1 Å². The van der Waals surface area contributed by atoms with Crippen molar-refractivity contribution in [1.82, 2.24) is 0 Å². The molecule has 1 aromatic carbocycles. The summed E-state index contributed by atoms with van der Waals surface area (Å²) in [5, 5.41) is 3.09. The minimum atomic E-state index is 0.543. The molecule has 4 heteroatoms. The summed E-state index contributed by atoms with van der Waals surface area (Å²) in [7, 11) is 0. The van der Waals surface area contributed by atoms with Gasteiger partial charge in [-0.1, -0.05) is 0 Å². The van der Waals surface area contributed by atoms with Crippen LogP contribution in [-0.2, 0) is 0 Å². The van der Waals surface area contributed by atoms with Crippen LogP contribution < -0.4 is 16.2 Å². The minimum absolute atomic E-state index is 0.543. The molecule has 0 aliphatic carbocycles. The number of hydrogen-bond acceptors (Lipinski definition) is 4. The van der Waals surface area contributed by atoms with Crippen molar-refractivity contribution in [2.45, 2.75) is 6.92 Å². The van der Waals surface area contributed by atoms with E-state index in [0.29, 0.717) is 18.0 Å². The Hall–Kier alpha value is -1.42. The van der Waals surface area contributed by atoms with E-state index in [1.807, 2.05) is 24.4 Å². The number of benzene rings is 1. The standard InChI is InChI=1S/C10H12N2OS/c1-2-13-9-8(12)7(11)5-6-3-4-14-10(6)9/h3-5H,2,11-12H2,1H3. The van der Waals surface area contributed by atoms with E-state index in [9.17, 15) is 0 Å². The summed E-state index contributed by atoms with van der Waals surface area (Å²) in [6.07, 6.45) is 0. The van der Waals surface area contributed by atoms with Gasteiger partial charge in [-0.3, -0.25) is 0 Å². The Kier molecular flexibility index (Phi) is 2.21. The zero-order valence-corrected chi connectivity index (χ0v) is 8.73. The van der Waals surface area contributed by atoms with Crippen LogP contribution in [0.5, 0.6) is 5.75 Å². The van der Waals surface area contributed by atoms with Crippen LogP contribution >= 0.6 is 11.3 Å². The number of nitrogens with two attached hydrogens (primary N) is 2. The van der Waals surface area contributed by atoms with Crippen LogP contribution in [-0.4, -0.2) is 6.61 Å². The van der Waals surface area contributed by atoms with Crippen molar-refractivity contribution in [3.05, 3.63) is 17.5 Å². The number of thiophene rings is 1. The van der Waals surface area contributed by atoms with Gasteiger partial charge < -0.3 is 16.2 Å². The maximum Gasteiger partial charge on any atom is 0.162 e. The molecular formula is C10H12N2OS. The van der Waals surface area contributed by atoms with Gasteiger partial charge in [0.25, 0.3) is 0 Å². The summed E-state index contributed by atoms with van der Waals surface area (Å²) >= 11 is 1.62. The third-order valence-electron chi connectivity index (χ3n) is 2.06. The van der Waals surface area contributed by atoms with Gasteiger partial charge in [0.05, 0.1) is 22.7 Å². The predicted molar refractivity (Wildman–Crippen MR) is 61.8 cm³/mol. The maximum absolute atomic E-state index is 5.85. The molecule has 1 heterocycles. The van der Waals surface area contributed by atoms with Gasteiger partial charge in [0.1, 0.15) is 0 Å². The van der Waals surface area contributed by atoms with Crippen LogP contribution in [0, 0.1) is 0 Å². The van der Waals surface area contributed by atoms with E-state index in [4.69, 9.17) is 16.2 Å². The molecule has 0 fully saturated rings. The highest BCUT2D eigenvalue weighted by Crippen LogP contribution is 2.39. The van der Waals surface area contributed by atoms with Crippen LogP contribution in [0.3, 0.4) is 0 Å². The van der Waals surface area contributed by atoms with Gasteiger partial charge in [0.15, 0.2) is 5.75 Å². The van der Waals surface area contributed by atoms with Crippen LogP contribution in [0.15, 0.2) is 17.5 Å². The van der Waals surface area contributed by atoms with E-state index in [-0.39, 0.29) is 0 Å². The number of ether oxygens (including phenoxy) is 1. The van der Waals surface area contributed by atoms with E-state index in [0.717, 1.165) is 15.8 Å². The molecule has 2 rings (SSSR count).